The molecule has 4 saturated heterocycles. The standard InChI is InChI=1S/C67H96N6O3/c1-3-5-39-72-63(55-35-41-70(42-36-55)49-53-27-31-59(32-28-53)75-57-23-15-9-16-24-57)47-68-61(45-51-19-11-7-12-20-51)65(72)67(74)66-62(46-52-21-13-8-14-22-52)69-48-64(73(66)40-6-4-2)56-37-43-71(44-38-56)50-54-29-33-60(34-30-54)76-58-25-17-10-18-26-58/h9-10,15-18,23-34,51-52,55-56,61-66,68-69H,3-8,11-14,19-22,35-50H2,1-2H3/t61-,62-,63?,64?,65?,66?/m0/s1. The van der Waals surface area contributed by atoms with Crippen LogP contribution in [0.2, 0.25) is 0 Å². The third-order valence-corrected chi connectivity index (χ3v) is 19.2. The lowest BCUT2D eigenvalue weighted by atomic mass is 9.75. The smallest absolute Gasteiger partial charge is 0.170 e. The fourth-order valence-corrected chi connectivity index (χ4v) is 15.0. The Morgan fingerprint density at radius 3 is 1.21 bits per heavy atom. The molecule has 4 heterocycles. The van der Waals surface area contributed by atoms with E-state index in [0.717, 1.165) is 127 Å². The minimum Gasteiger partial charge on any atom is -0.457 e. The summed E-state index contributed by atoms with van der Waals surface area (Å²) in [5.74, 6) is 6.66. The van der Waals surface area contributed by atoms with Crippen molar-refractivity contribution >= 4 is 5.78 Å². The van der Waals surface area contributed by atoms with Crippen LogP contribution < -0.4 is 20.1 Å². The van der Waals surface area contributed by atoms with Crippen LogP contribution in [0.4, 0.5) is 0 Å². The maximum atomic E-state index is 16.8. The van der Waals surface area contributed by atoms with Gasteiger partial charge in [-0.05, 0) is 174 Å². The number of Topliss-reactive ketones (excluding diaryl/α,β-unsaturated/α-hetero) is 1. The first-order valence-electron chi connectivity index (χ1n) is 31.1. The Hall–Kier alpha value is -4.09. The molecule has 0 amide bonds. The monoisotopic (exact) mass is 1030 g/mol. The van der Waals surface area contributed by atoms with Gasteiger partial charge >= 0.3 is 0 Å². The van der Waals surface area contributed by atoms with Gasteiger partial charge in [-0.2, -0.15) is 0 Å². The van der Waals surface area contributed by atoms with Crippen molar-refractivity contribution in [3.8, 4) is 23.0 Å². The van der Waals surface area contributed by atoms with E-state index in [9.17, 15) is 0 Å². The first kappa shape index (κ1) is 55.2. The summed E-state index contributed by atoms with van der Waals surface area (Å²) in [4.78, 5) is 27.9. The molecule has 10 rings (SSSR count). The van der Waals surface area contributed by atoms with Crippen LogP contribution in [0.15, 0.2) is 109 Å². The number of hydrogen-bond acceptors (Lipinski definition) is 9. The van der Waals surface area contributed by atoms with Crippen LogP contribution in [0, 0.1) is 23.7 Å². The maximum absolute atomic E-state index is 16.8. The van der Waals surface area contributed by atoms with E-state index < -0.39 is 0 Å². The van der Waals surface area contributed by atoms with Gasteiger partial charge in [-0.25, -0.2) is 0 Å². The molecule has 4 aromatic carbocycles. The van der Waals surface area contributed by atoms with Gasteiger partial charge in [0.2, 0.25) is 0 Å². The predicted molar refractivity (Wildman–Crippen MR) is 311 cm³/mol. The van der Waals surface area contributed by atoms with Crippen molar-refractivity contribution in [1.29, 1.82) is 0 Å². The molecule has 9 nitrogen and oxygen atoms in total. The number of hydrogen-bond donors (Lipinski definition) is 2. The number of nitrogens with zero attached hydrogens (tertiary/aromatic N) is 4. The third kappa shape index (κ3) is 14.8. The molecule has 4 aromatic rings. The zero-order valence-electron chi connectivity index (χ0n) is 46.9. The van der Waals surface area contributed by atoms with Crippen LogP contribution >= 0.6 is 0 Å². The number of piperazine rings is 2. The fraction of sp³-hybridized carbons (Fsp3) is 0.627. The van der Waals surface area contributed by atoms with E-state index >= 15 is 4.79 Å². The van der Waals surface area contributed by atoms with Crippen LogP contribution in [0.5, 0.6) is 23.0 Å². The third-order valence-electron chi connectivity index (χ3n) is 19.2. The zero-order valence-corrected chi connectivity index (χ0v) is 46.9. The van der Waals surface area contributed by atoms with Gasteiger partial charge in [0, 0.05) is 50.3 Å². The molecule has 412 valence electrons. The summed E-state index contributed by atoms with van der Waals surface area (Å²) in [6, 6.07) is 38.6. The Morgan fingerprint density at radius 1 is 0.474 bits per heavy atom. The summed E-state index contributed by atoms with van der Waals surface area (Å²) in [5.41, 5.74) is 2.69. The SMILES string of the molecule is CCCCN1C(C2CCN(Cc3ccc(Oc4ccccc4)cc3)CC2)CN[C@@H](CC2CCCCC2)C1C(=O)C1[C@H](CC2CCCCC2)NCC(C2CCN(Cc3ccc(Oc4ccccc4)cc3)CC2)N1CCCC. The Kier molecular flexibility index (Phi) is 20.5. The minimum absolute atomic E-state index is 0.0864. The van der Waals surface area contributed by atoms with Gasteiger partial charge in [0.15, 0.2) is 5.78 Å². The number of unbranched alkanes of at least 4 members (excludes halogenated alkanes) is 2. The zero-order chi connectivity index (χ0) is 51.9. The molecule has 2 aliphatic carbocycles. The Bertz CT molecular complexity index is 2130. The number of rotatable bonds is 22. The van der Waals surface area contributed by atoms with E-state index in [4.69, 9.17) is 9.47 Å². The molecule has 6 atom stereocenters. The lowest BCUT2D eigenvalue weighted by Gasteiger charge is -2.55. The first-order chi connectivity index (χ1) is 37.5. The number of para-hydroxylation sites is 2. The molecule has 6 aliphatic rings. The molecular formula is C67H96N6O3. The van der Waals surface area contributed by atoms with Gasteiger partial charge in [-0.15, -0.1) is 0 Å². The number of likely N-dealkylation sites (tertiary alicyclic amines) is 2. The second kappa shape index (κ2) is 28.2. The molecule has 0 spiro atoms. The van der Waals surface area contributed by atoms with Crippen LogP contribution in [-0.4, -0.2) is 114 Å². The van der Waals surface area contributed by atoms with Crippen molar-refractivity contribution in [2.24, 2.45) is 23.7 Å². The summed E-state index contributed by atoms with van der Waals surface area (Å²) in [6.07, 6.45) is 25.1. The van der Waals surface area contributed by atoms with Crippen molar-refractivity contribution in [3.05, 3.63) is 120 Å². The van der Waals surface area contributed by atoms with Crippen molar-refractivity contribution in [2.45, 2.75) is 192 Å². The highest BCUT2D eigenvalue weighted by molar-refractivity contribution is 5.91. The molecule has 0 radical (unpaired) electrons. The number of carbonyl (C=O) groups excluding carboxylic acids is 1. The summed E-state index contributed by atoms with van der Waals surface area (Å²) in [7, 11) is 0. The normalized spacial score (nSPS) is 26.6. The first-order valence-corrected chi connectivity index (χ1v) is 31.1. The molecule has 9 heteroatoms. The van der Waals surface area contributed by atoms with E-state index in [1.54, 1.807) is 0 Å². The van der Waals surface area contributed by atoms with E-state index in [0.29, 0.717) is 41.5 Å². The highest BCUT2D eigenvalue weighted by Crippen LogP contribution is 2.39. The largest absolute Gasteiger partial charge is 0.457 e. The summed E-state index contributed by atoms with van der Waals surface area (Å²) in [5, 5.41) is 8.58. The van der Waals surface area contributed by atoms with Crippen molar-refractivity contribution in [2.75, 3.05) is 52.4 Å². The van der Waals surface area contributed by atoms with Gasteiger partial charge in [-0.3, -0.25) is 24.4 Å². The van der Waals surface area contributed by atoms with Gasteiger partial charge < -0.3 is 20.1 Å². The fourth-order valence-electron chi connectivity index (χ4n) is 15.0. The molecule has 4 aliphatic heterocycles. The summed E-state index contributed by atoms with van der Waals surface area (Å²) in [6.45, 7) is 15.2. The van der Waals surface area contributed by atoms with E-state index in [1.165, 1.54) is 101 Å². The number of ether oxygens (including phenoxy) is 2. The van der Waals surface area contributed by atoms with Crippen LogP contribution in [0.1, 0.15) is 153 Å². The van der Waals surface area contributed by atoms with Crippen molar-refractivity contribution in [3.63, 3.8) is 0 Å². The van der Waals surface area contributed by atoms with Crippen LogP contribution in [0.3, 0.4) is 0 Å². The number of piperidine rings is 2. The molecule has 76 heavy (non-hydrogen) atoms. The predicted octanol–water partition coefficient (Wildman–Crippen LogP) is 13.5. The Labute approximate surface area is 459 Å². The summed E-state index contributed by atoms with van der Waals surface area (Å²) < 4.78 is 12.3. The maximum Gasteiger partial charge on any atom is 0.170 e. The number of ketones is 1. The van der Waals surface area contributed by atoms with Gasteiger partial charge in [0.1, 0.15) is 23.0 Å². The summed E-state index contributed by atoms with van der Waals surface area (Å²) >= 11 is 0. The topological polar surface area (TPSA) is 72.5 Å². The van der Waals surface area contributed by atoms with Gasteiger partial charge in [0.25, 0.3) is 0 Å². The molecule has 2 saturated carbocycles. The van der Waals surface area contributed by atoms with Crippen LogP contribution in [-0.2, 0) is 17.9 Å². The molecule has 0 aromatic heterocycles. The van der Waals surface area contributed by atoms with Crippen molar-refractivity contribution in [1.82, 2.24) is 30.2 Å². The van der Waals surface area contributed by atoms with Crippen molar-refractivity contribution < 1.29 is 14.3 Å². The molecule has 2 N–H and O–H groups in total. The van der Waals surface area contributed by atoms with E-state index in [1.807, 2.05) is 60.7 Å². The second-order valence-corrected chi connectivity index (χ2v) is 24.5. The highest BCUT2D eigenvalue weighted by atomic mass is 16.5. The average Bonchev–Trinajstić information content (AvgIpc) is 3.47. The second-order valence-electron chi connectivity index (χ2n) is 24.5. The molecule has 6 fully saturated rings. The number of carbonyl (C=O) groups is 1. The number of benzene rings is 4. The van der Waals surface area contributed by atoms with E-state index in [2.05, 4.69) is 92.6 Å². The Balaban J connectivity index is 0.866. The molecular weight excluding hydrogens is 937 g/mol. The molecule has 0 bridgehead atoms. The van der Waals surface area contributed by atoms with E-state index in [-0.39, 0.29) is 24.2 Å². The average molecular weight is 1030 g/mol. The Morgan fingerprint density at radius 2 is 0.842 bits per heavy atom. The van der Waals surface area contributed by atoms with Crippen LogP contribution in [0.25, 0.3) is 0 Å². The van der Waals surface area contributed by atoms with Gasteiger partial charge in [-0.1, -0.05) is 152 Å². The molecule has 4 unspecified atom stereocenters. The lowest BCUT2D eigenvalue weighted by molar-refractivity contribution is -0.141. The quantitative estimate of drug-likeness (QED) is 0.0801. The number of nitrogens with one attached hydrogen (secondary N) is 2. The minimum atomic E-state index is -0.0864. The van der Waals surface area contributed by atoms with Gasteiger partial charge in [0.05, 0.1) is 12.1 Å². The lowest BCUT2D eigenvalue weighted by Crippen LogP contribution is -2.74. The highest BCUT2D eigenvalue weighted by Gasteiger charge is 2.52.